The number of carbonyl (C=O) groups excluding carboxylic acids is 1. The molecule has 1 aromatic carbocycles. The Bertz CT molecular complexity index is 536. The predicted molar refractivity (Wildman–Crippen MR) is 76.9 cm³/mol. The van der Waals surface area contributed by atoms with Gasteiger partial charge >= 0.3 is 12.0 Å². The zero-order valence-electron chi connectivity index (χ0n) is 11.8. The third kappa shape index (κ3) is 3.10. The first-order chi connectivity index (χ1) is 9.42. The number of aryl methyl sites for hydroxylation is 1. The van der Waals surface area contributed by atoms with E-state index < -0.39 is 11.5 Å². The summed E-state index contributed by atoms with van der Waals surface area (Å²) in [6.07, 6.45) is 2.38. The highest BCUT2D eigenvalue weighted by Crippen LogP contribution is 2.35. The predicted octanol–water partition coefficient (Wildman–Crippen LogP) is 2.82. The molecule has 1 aliphatic rings. The van der Waals surface area contributed by atoms with Gasteiger partial charge in [-0.15, -0.1) is 0 Å². The number of amides is 2. The number of benzene rings is 1. The average Bonchev–Trinajstić information content (AvgIpc) is 2.31. The molecule has 0 bridgehead atoms. The van der Waals surface area contributed by atoms with Crippen LogP contribution in [0.3, 0.4) is 0 Å². The van der Waals surface area contributed by atoms with Gasteiger partial charge in [-0.05, 0) is 50.3 Å². The van der Waals surface area contributed by atoms with Crippen molar-refractivity contribution < 1.29 is 14.7 Å². The molecular formula is C15H20N2O3. The summed E-state index contributed by atoms with van der Waals surface area (Å²) in [7, 11) is 0. The number of carbonyl (C=O) groups is 2. The fraction of sp³-hybridized carbons (Fsp3) is 0.467. The number of urea groups is 1. The fourth-order valence-electron chi connectivity index (χ4n) is 2.52. The Hall–Kier alpha value is -2.04. The van der Waals surface area contributed by atoms with Crippen LogP contribution in [0.15, 0.2) is 18.2 Å². The van der Waals surface area contributed by atoms with Gasteiger partial charge in [0.05, 0.1) is 12.0 Å². The van der Waals surface area contributed by atoms with Crippen molar-refractivity contribution in [3.8, 4) is 0 Å². The number of aliphatic carboxylic acids is 1. The van der Waals surface area contributed by atoms with E-state index in [1.165, 1.54) is 0 Å². The quantitative estimate of drug-likeness (QED) is 0.791. The second kappa shape index (κ2) is 5.53. The average molecular weight is 276 g/mol. The maximum absolute atomic E-state index is 12.1. The molecule has 5 heteroatoms. The molecule has 20 heavy (non-hydrogen) atoms. The third-order valence-corrected chi connectivity index (χ3v) is 4.03. The van der Waals surface area contributed by atoms with E-state index in [1.54, 1.807) is 0 Å². The van der Waals surface area contributed by atoms with Crippen LogP contribution in [-0.4, -0.2) is 22.6 Å². The number of hydrogen-bond donors (Lipinski definition) is 3. The monoisotopic (exact) mass is 276 g/mol. The van der Waals surface area contributed by atoms with Crippen LogP contribution in [0, 0.1) is 13.8 Å². The summed E-state index contributed by atoms with van der Waals surface area (Å²) < 4.78 is 0. The van der Waals surface area contributed by atoms with E-state index in [0.29, 0.717) is 0 Å². The Labute approximate surface area is 118 Å². The van der Waals surface area contributed by atoms with Crippen LogP contribution in [0.25, 0.3) is 0 Å². The van der Waals surface area contributed by atoms with E-state index in [1.807, 2.05) is 32.0 Å². The summed E-state index contributed by atoms with van der Waals surface area (Å²) in [4.78, 5) is 22.9. The number of carboxylic acids is 1. The second-order valence-corrected chi connectivity index (χ2v) is 5.53. The van der Waals surface area contributed by atoms with Crippen LogP contribution in [0.1, 0.15) is 36.8 Å². The van der Waals surface area contributed by atoms with Gasteiger partial charge in [0.15, 0.2) is 0 Å². The standard InChI is InChI=1S/C15H20N2O3/c1-10-5-3-6-12(11(10)2)16-14(20)17-15(7-4-8-15)9-13(18)19/h3,5-6H,4,7-9H2,1-2H3,(H,18,19)(H2,16,17,20). The number of nitrogens with one attached hydrogen (secondary N) is 2. The molecule has 0 aliphatic heterocycles. The first-order valence-electron chi connectivity index (χ1n) is 6.79. The topological polar surface area (TPSA) is 78.4 Å². The van der Waals surface area contributed by atoms with Crippen molar-refractivity contribution in [3.05, 3.63) is 29.3 Å². The first-order valence-corrected chi connectivity index (χ1v) is 6.79. The number of anilines is 1. The zero-order chi connectivity index (χ0) is 14.8. The molecule has 2 rings (SSSR count). The highest BCUT2D eigenvalue weighted by atomic mass is 16.4. The van der Waals surface area contributed by atoms with Crippen molar-refractivity contribution in [2.45, 2.75) is 45.1 Å². The second-order valence-electron chi connectivity index (χ2n) is 5.53. The van der Waals surface area contributed by atoms with Crippen LogP contribution in [0.2, 0.25) is 0 Å². The summed E-state index contributed by atoms with van der Waals surface area (Å²) in [5, 5.41) is 14.6. The van der Waals surface area contributed by atoms with E-state index in [9.17, 15) is 9.59 Å². The van der Waals surface area contributed by atoms with Gasteiger partial charge in [-0.2, -0.15) is 0 Å². The van der Waals surface area contributed by atoms with E-state index >= 15 is 0 Å². The minimum absolute atomic E-state index is 0.0206. The number of carboxylic acid groups (broad SMARTS) is 1. The molecule has 0 spiro atoms. The molecular weight excluding hydrogens is 256 g/mol. The minimum atomic E-state index is -0.878. The van der Waals surface area contributed by atoms with Crippen molar-refractivity contribution in [2.24, 2.45) is 0 Å². The molecule has 0 heterocycles. The van der Waals surface area contributed by atoms with Crippen LogP contribution < -0.4 is 10.6 Å². The summed E-state index contributed by atoms with van der Waals surface area (Å²) in [6, 6.07) is 5.37. The van der Waals surface area contributed by atoms with Crippen molar-refractivity contribution in [3.63, 3.8) is 0 Å². The zero-order valence-corrected chi connectivity index (χ0v) is 11.8. The number of rotatable bonds is 4. The third-order valence-electron chi connectivity index (χ3n) is 4.03. The molecule has 108 valence electrons. The summed E-state index contributed by atoms with van der Waals surface area (Å²) in [5.74, 6) is -0.878. The van der Waals surface area contributed by atoms with Crippen molar-refractivity contribution >= 4 is 17.7 Å². The first kappa shape index (κ1) is 14.4. The van der Waals surface area contributed by atoms with Gasteiger partial charge in [-0.25, -0.2) is 4.79 Å². The van der Waals surface area contributed by atoms with Crippen LogP contribution >= 0.6 is 0 Å². The molecule has 1 saturated carbocycles. The van der Waals surface area contributed by atoms with Crippen LogP contribution in [-0.2, 0) is 4.79 Å². The minimum Gasteiger partial charge on any atom is -0.481 e. The lowest BCUT2D eigenvalue weighted by Crippen LogP contribution is -2.55. The fourth-order valence-corrected chi connectivity index (χ4v) is 2.52. The molecule has 0 aromatic heterocycles. The summed E-state index contributed by atoms with van der Waals surface area (Å²) in [6.45, 7) is 3.93. The maximum atomic E-state index is 12.1. The van der Waals surface area contributed by atoms with Crippen LogP contribution in [0.4, 0.5) is 10.5 Å². The van der Waals surface area contributed by atoms with E-state index in [2.05, 4.69) is 10.6 Å². The molecule has 2 amide bonds. The van der Waals surface area contributed by atoms with Crippen molar-refractivity contribution in [2.75, 3.05) is 5.32 Å². The summed E-state index contributed by atoms with van der Waals surface area (Å²) >= 11 is 0. The smallest absolute Gasteiger partial charge is 0.319 e. The van der Waals surface area contributed by atoms with Crippen molar-refractivity contribution in [1.29, 1.82) is 0 Å². The Balaban J connectivity index is 2.02. The van der Waals surface area contributed by atoms with E-state index in [-0.39, 0.29) is 12.5 Å². The molecule has 0 saturated heterocycles. The van der Waals surface area contributed by atoms with Gasteiger partial charge in [0.25, 0.3) is 0 Å². The lowest BCUT2D eigenvalue weighted by Gasteiger charge is -2.41. The van der Waals surface area contributed by atoms with Crippen LogP contribution in [0.5, 0.6) is 0 Å². The molecule has 3 N–H and O–H groups in total. The number of hydrogen-bond acceptors (Lipinski definition) is 2. The Kier molecular flexibility index (Phi) is 3.97. The SMILES string of the molecule is Cc1cccc(NC(=O)NC2(CC(=O)O)CCC2)c1C. The van der Waals surface area contributed by atoms with Gasteiger partial charge in [0, 0.05) is 5.69 Å². The largest absolute Gasteiger partial charge is 0.481 e. The van der Waals surface area contributed by atoms with Gasteiger partial charge < -0.3 is 15.7 Å². The molecule has 0 atom stereocenters. The van der Waals surface area contributed by atoms with Gasteiger partial charge in [-0.3, -0.25) is 4.79 Å². The van der Waals surface area contributed by atoms with Crippen molar-refractivity contribution in [1.82, 2.24) is 5.32 Å². The van der Waals surface area contributed by atoms with Gasteiger partial charge in [0.2, 0.25) is 0 Å². The molecule has 1 aromatic rings. The molecule has 1 fully saturated rings. The summed E-state index contributed by atoms with van der Waals surface area (Å²) in [5.41, 5.74) is 2.30. The van der Waals surface area contributed by atoms with E-state index in [0.717, 1.165) is 36.1 Å². The maximum Gasteiger partial charge on any atom is 0.319 e. The Morgan fingerprint density at radius 2 is 2.00 bits per heavy atom. The lowest BCUT2D eigenvalue weighted by molar-refractivity contribution is -0.139. The highest BCUT2D eigenvalue weighted by molar-refractivity contribution is 5.91. The molecule has 0 radical (unpaired) electrons. The lowest BCUT2D eigenvalue weighted by atomic mass is 9.74. The highest BCUT2D eigenvalue weighted by Gasteiger charge is 2.40. The van der Waals surface area contributed by atoms with E-state index in [4.69, 9.17) is 5.11 Å². The molecule has 5 nitrogen and oxygen atoms in total. The Morgan fingerprint density at radius 1 is 1.30 bits per heavy atom. The molecule has 0 unspecified atom stereocenters. The Morgan fingerprint density at radius 3 is 2.55 bits per heavy atom. The van der Waals surface area contributed by atoms with Gasteiger partial charge in [-0.1, -0.05) is 12.1 Å². The van der Waals surface area contributed by atoms with Gasteiger partial charge in [0.1, 0.15) is 0 Å². The molecule has 1 aliphatic carbocycles. The normalized spacial score (nSPS) is 16.1.